The summed E-state index contributed by atoms with van der Waals surface area (Å²) in [5, 5.41) is 6.86. The summed E-state index contributed by atoms with van der Waals surface area (Å²) in [5.74, 6) is 0. The molecule has 4 heteroatoms. The predicted molar refractivity (Wildman–Crippen MR) is 90.1 cm³/mol. The molecule has 0 atom stereocenters. The lowest BCUT2D eigenvalue weighted by atomic mass is 9.76. The number of alkyl carbamates (subject to hydrolysis) is 1. The molecule has 2 saturated carbocycles. The molecule has 2 rings (SSSR count). The third-order valence-electron chi connectivity index (χ3n) is 4.91. The van der Waals surface area contributed by atoms with Crippen molar-refractivity contribution in [2.45, 2.75) is 102 Å². The maximum Gasteiger partial charge on any atom is 0.408 e. The van der Waals surface area contributed by atoms with Gasteiger partial charge in [0.2, 0.25) is 0 Å². The lowest BCUT2D eigenvalue weighted by Gasteiger charge is -2.43. The van der Waals surface area contributed by atoms with Crippen LogP contribution in [0.2, 0.25) is 0 Å². The number of rotatable bonds is 4. The van der Waals surface area contributed by atoms with Crippen LogP contribution in [-0.2, 0) is 4.74 Å². The highest BCUT2D eigenvalue weighted by Gasteiger charge is 2.39. The van der Waals surface area contributed by atoms with E-state index in [1.807, 2.05) is 20.8 Å². The van der Waals surface area contributed by atoms with Crippen LogP contribution in [-0.4, -0.2) is 29.8 Å². The monoisotopic (exact) mass is 310 g/mol. The van der Waals surface area contributed by atoms with Gasteiger partial charge in [-0.2, -0.15) is 0 Å². The zero-order valence-electron chi connectivity index (χ0n) is 14.7. The maximum atomic E-state index is 12.1. The number of carbonyl (C=O) groups excluding carboxylic acids is 1. The van der Waals surface area contributed by atoms with Gasteiger partial charge >= 0.3 is 6.09 Å². The van der Waals surface area contributed by atoms with Gasteiger partial charge < -0.3 is 15.4 Å². The van der Waals surface area contributed by atoms with Crippen LogP contribution in [0.25, 0.3) is 0 Å². The number of hydrogen-bond donors (Lipinski definition) is 2. The van der Waals surface area contributed by atoms with E-state index in [9.17, 15) is 4.79 Å². The zero-order valence-corrected chi connectivity index (χ0v) is 14.7. The molecule has 0 bridgehead atoms. The first-order chi connectivity index (χ1) is 10.4. The van der Waals surface area contributed by atoms with Crippen LogP contribution in [0.4, 0.5) is 4.79 Å². The Balaban J connectivity index is 1.78. The van der Waals surface area contributed by atoms with Gasteiger partial charge in [0.15, 0.2) is 0 Å². The number of carbonyl (C=O) groups is 1. The first kappa shape index (κ1) is 17.6. The Hall–Kier alpha value is -0.770. The van der Waals surface area contributed by atoms with Crippen LogP contribution in [0.3, 0.4) is 0 Å². The summed E-state index contributed by atoms with van der Waals surface area (Å²) < 4.78 is 5.42. The molecule has 2 aliphatic carbocycles. The number of ether oxygens (including phenoxy) is 1. The van der Waals surface area contributed by atoms with Gasteiger partial charge in [-0.3, -0.25) is 0 Å². The third-order valence-corrected chi connectivity index (χ3v) is 4.91. The highest BCUT2D eigenvalue weighted by Crippen LogP contribution is 2.32. The molecule has 0 saturated heterocycles. The Kier molecular flexibility index (Phi) is 6.13. The zero-order chi connectivity index (χ0) is 16.1. The Bertz CT molecular complexity index is 351. The van der Waals surface area contributed by atoms with Crippen LogP contribution in [0.15, 0.2) is 0 Å². The minimum Gasteiger partial charge on any atom is -0.444 e. The molecule has 4 nitrogen and oxygen atoms in total. The average molecular weight is 310 g/mol. The van der Waals surface area contributed by atoms with Gasteiger partial charge in [0.25, 0.3) is 0 Å². The topological polar surface area (TPSA) is 50.4 Å². The molecule has 128 valence electrons. The van der Waals surface area contributed by atoms with E-state index in [0.717, 1.165) is 19.4 Å². The summed E-state index contributed by atoms with van der Waals surface area (Å²) >= 11 is 0. The number of nitrogens with one attached hydrogen (secondary N) is 2. The molecule has 2 fully saturated rings. The van der Waals surface area contributed by atoms with Gasteiger partial charge in [-0.05, 0) is 52.9 Å². The van der Waals surface area contributed by atoms with Gasteiger partial charge in [0.1, 0.15) is 5.60 Å². The molecular weight excluding hydrogens is 276 g/mol. The van der Waals surface area contributed by atoms with Gasteiger partial charge in [0.05, 0.1) is 5.54 Å². The first-order valence-corrected chi connectivity index (χ1v) is 9.13. The quantitative estimate of drug-likeness (QED) is 0.820. The second-order valence-electron chi connectivity index (χ2n) is 8.18. The summed E-state index contributed by atoms with van der Waals surface area (Å²) in [4.78, 5) is 12.1. The highest BCUT2D eigenvalue weighted by atomic mass is 16.6. The van der Waals surface area contributed by atoms with Crippen molar-refractivity contribution in [3.63, 3.8) is 0 Å². The van der Waals surface area contributed by atoms with Crippen molar-refractivity contribution >= 4 is 6.09 Å². The number of hydrogen-bond acceptors (Lipinski definition) is 3. The third kappa shape index (κ3) is 5.79. The van der Waals surface area contributed by atoms with Crippen molar-refractivity contribution < 1.29 is 9.53 Å². The average Bonchev–Trinajstić information content (AvgIpc) is 2.31. The van der Waals surface area contributed by atoms with Crippen molar-refractivity contribution in [3.05, 3.63) is 0 Å². The fraction of sp³-hybridized carbons (Fsp3) is 0.944. The van der Waals surface area contributed by atoms with E-state index in [-0.39, 0.29) is 11.6 Å². The molecule has 22 heavy (non-hydrogen) atoms. The first-order valence-electron chi connectivity index (χ1n) is 9.13. The number of amides is 1. The Morgan fingerprint density at radius 1 is 1.05 bits per heavy atom. The van der Waals surface area contributed by atoms with Crippen molar-refractivity contribution in [1.82, 2.24) is 10.6 Å². The second kappa shape index (κ2) is 7.67. The van der Waals surface area contributed by atoms with Gasteiger partial charge in [0, 0.05) is 12.6 Å². The van der Waals surface area contributed by atoms with Gasteiger partial charge in [-0.15, -0.1) is 0 Å². The molecular formula is C18H34N2O2. The van der Waals surface area contributed by atoms with Crippen LogP contribution in [0.1, 0.15) is 85.0 Å². The van der Waals surface area contributed by atoms with Crippen LogP contribution in [0.5, 0.6) is 0 Å². The molecule has 0 heterocycles. The molecule has 0 unspecified atom stereocenters. The molecule has 0 spiro atoms. The van der Waals surface area contributed by atoms with Crippen molar-refractivity contribution in [1.29, 1.82) is 0 Å². The fourth-order valence-electron chi connectivity index (χ4n) is 3.47. The summed E-state index contributed by atoms with van der Waals surface area (Å²) in [6, 6.07) is 0.623. The Labute approximate surface area is 135 Å². The lowest BCUT2D eigenvalue weighted by Crippen LogP contribution is -2.60. The molecule has 0 aromatic heterocycles. The summed E-state index contributed by atoms with van der Waals surface area (Å²) in [7, 11) is 0. The Morgan fingerprint density at radius 2 is 1.64 bits per heavy atom. The normalized spacial score (nSPS) is 23.0. The van der Waals surface area contributed by atoms with Gasteiger partial charge in [-0.1, -0.05) is 32.1 Å². The van der Waals surface area contributed by atoms with E-state index >= 15 is 0 Å². The van der Waals surface area contributed by atoms with E-state index in [1.165, 1.54) is 51.4 Å². The molecule has 1 amide bonds. The summed E-state index contributed by atoms with van der Waals surface area (Å²) in [5.41, 5.74) is -0.507. The fourth-order valence-corrected chi connectivity index (χ4v) is 3.47. The van der Waals surface area contributed by atoms with Crippen molar-refractivity contribution in [2.75, 3.05) is 6.54 Å². The Morgan fingerprint density at radius 3 is 2.14 bits per heavy atom. The molecule has 2 N–H and O–H groups in total. The molecule has 2 aliphatic rings. The van der Waals surface area contributed by atoms with E-state index in [2.05, 4.69) is 10.6 Å². The highest BCUT2D eigenvalue weighted by molar-refractivity contribution is 5.69. The molecule has 0 aliphatic heterocycles. The van der Waals surface area contributed by atoms with Crippen LogP contribution >= 0.6 is 0 Å². The maximum absolute atomic E-state index is 12.1. The minimum atomic E-state index is -0.429. The molecule has 0 radical (unpaired) electrons. The minimum absolute atomic E-state index is 0.0787. The van der Waals surface area contributed by atoms with E-state index < -0.39 is 5.60 Å². The SMILES string of the molecule is CC(C)(C)OC(=O)NC1(CNC2CCCCCCC2)CCC1. The smallest absolute Gasteiger partial charge is 0.408 e. The van der Waals surface area contributed by atoms with Crippen molar-refractivity contribution in [3.8, 4) is 0 Å². The van der Waals surface area contributed by atoms with Gasteiger partial charge in [-0.25, -0.2) is 4.79 Å². The molecule has 0 aromatic rings. The second-order valence-corrected chi connectivity index (χ2v) is 8.18. The standard InChI is InChI=1S/C18H34N2O2/c1-17(2,3)22-16(21)20-18(12-9-13-18)14-19-15-10-7-5-4-6-8-11-15/h15,19H,4-14H2,1-3H3,(H,20,21). The van der Waals surface area contributed by atoms with E-state index in [0.29, 0.717) is 6.04 Å². The summed E-state index contributed by atoms with van der Waals surface area (Å²) in [6.45, 7) is 6.61. The van der Waals surface area contributed by atoms with Crippen LogP contribution < -0.4 is 10.6 Å². The lowest BCUT2D eigenvalue weighted by molar-refractivity contribution is 0.0377. The summed E-state index contributed by atoms with van der Waals surface area (Å²) in [6.07, 6.45) is 12.4. The largest absolute Gasteiger partial charge is 0.444 e. The van der Waals surface area contributed by atoms with E-state index in [4.69, 9.17) is 4.74 Å². The van der Waals surface area contributed by atoms with Crippen LogP contribution in [0, 0.1) is 0 Å². The molecule has 0 aromatic carbocycles. The van der Waals surface area contributed by atoms with E-state index in [1.54, 1.807) is 0 Å². The predicted octanol–water partition coefficient (Wildman–Crippen LogP) is 4.14. The van der Waals surface area contributed by atoms with Crippen molar-refractivity contribution in [2.24, 2.45) is 0 Å².